The van der Waals surface area contributed by atoms with E-state index in [-0.39, 0.29) is 17.0 Å². The van der Waals surface area contributed by atoms with Gasteiger partial charge >= 0.3 is 5.97 Å². The van der Waals surface area contributed by atoms with Gasteiger partial charge in [-0.15, -0.1) is 11.3 Å². The van der Waals surface area contributed by atoms with Crippen LogP contribution in [0.3, 0.4) is 0 Å². The van der Waals surface area contributed by atoms with Crippen molar-refractivity contribution in [2.24, 2.45) is 0 Å². The van der Waals surface area contributed by atoms with Crippen LogP contribution in [0.15, 0.2) is 71.7 Å². The molecule has 0 bridgehead atoms. The number of hydrogen-bond donors (Lipinski definition) is 2. The van der Waals surface area contributed by atoms with E-state index in [0.717, 1.165) is 21.5 Å². The molecule has 0 saturated carbocycles. The van der Waals surface area contributed by atoms with Gasteiger partial charge in [0.15, 0.2) is 0 Å². The number of aryl methyl sites for hydroxylation is 1. The number of pyridine rings is 1. The van der Waals surface area contributed by atoms with Crippen LogP contribution in [0.5, 0.6) is 0 Å². The molecule has 0 aliphatic carbocycles. The van der Waals surface area contributed by atoms with Gasteiger partial charge < -0.3 is 10.4 Å². The fraction of sp³-hybridized carbons (Fsp3) is 0.125. The van der Waals surface area contributed by atoms with Gasteiger partial charge in [-0.1, -0.05) is 42.5 Å². The third-order valence-corrected chi connectivity index (χ3v) is 6.23. The molecule has 2 aromatic carbocycles. The van der Waals surface area contributed by atoms with Crippen LogP contribution in [0.4, 0.5) is 0 Å². The standard InChI is InChI=1S/C24H20N2O4S/c1-15-11-19(12-16-7-9-18(10-8-16)24(29)30)22(28)26-14-20(31-23(15)26)21(27)25-13-17-5-3-2-4-6-17/h2-11,14H,12-13H2,1H3,(H,25,27)(H,29,30). The lowest BCUT2D eigenvalue weighted by atomic mass is 10.0. The van der Waals surface area contributed by atoms with Gasteiger partial charge in [0.25, 0.3) is 11.5 Å². The van der Waals surface area contributed by atoms with E-state index < -0.39 is 5.97 Å². The van der Waals surface area contributed by atoms with Crippen molar-refractivity contribution >= 4 is 28.0 Å². The molecule has 0 unspecified atom stereocenters. The fourth-order valence-electron chi connectivity index (χ4n) is 3.40. The third kappa shape index (κ3) is 4.41. The van der Waals surface area contributed by atoms with E-state index in [0.29, 0.717) is 23.4 Å². The monoisotopic (exact) mass is 432 g/mol. The number of nitrogens with zero attached hydrogens (tertiary/aromatic N) is 1. The maximum atomic E-state index is 13.0. The number of rotatable bonds is 6. The molecule has 4 aromatic rings. The Kier molecular flexibility index (Phi) is 5.68. The summed E-state index contributed by atoms with van der Waals surface area (Å²) in [4.78, 5) is 37.9. The molecule has 0 aliphatic rings. The lowest BCUT2D eigenvalue weighted by Crippen LogP contribution is -2.22. The lowest BCUT2D eigenvalue weighted by molar-refractivity contribution is 0.0696. The summed E-state index contributed by atoms with van der Waals surface area (Å²) >= 11 is 1.29. The highest BCUT2D eigenvalue weighted by atomic mass is 32.1. The molecule has 0 fully saturated rings. The van der Waals surface area contributed by atoms with Crippen LogP contribution in [-0.4, -0.2) is 21.4 Å². The van der Waals surface area contributed by atoms with E-state index in [1.54, 1.807) is 18.3 Å². The maximum Gasteiger partial charge on any atom is 0.335 e. The number of hydrogen-bond acceptors (Lipinski definition) is 4. The summed E-state index contributed by atoms with van der Waals surface area (Å²) in [7, 11) is 0. The molecule has 31 heavy (non-hydrogen) atoms. The topological polar surface area (TPSA) is 87.9 Å². The number of carboxylic acids is 1. The van der Waals surface area contributed by atoms with Crippen LogP contribution in [0.2, 0.25) is 0 Å². The Bertz CT molecular complexity index is 1320. The predicted octanol–water partition coefficient (Wildman–Crippen LogP) is 3.89. The zero-order valence-electron chi connectivity index (χ0n) is 16.8. The van der Waals surface area contributed by atoms with E-state index in [4.69, 9.17) is 5.11 Å². The van der Waals surface area contributed by atoms with E-state index in [1.165, 1.54) is 27.9 Å². The van der Waals surface area contributed by atoms with Crippen molar-refractivity contribution in [1.82, 2.24) is 9.72 Å². The molecule has 1 amide bonds. The number of fused-ring (bicyclic) bond motifs is 1. The van der Waals surface area contributed by atoms with Gasteiger partial charge in [0.05, 0.1) is 5.56 Å². The molecule has 2 aromatic heterocycles. The minimum atomic E-state index is -0.986. The summed E-state index contributed by atoms with van der Waals surface area (Å²) in [5.41, 5.74) is 3.37. The third-order valence-electron chi connectivity index (χ3n) is 5.01. The Hall–Kier alpha value is -3.71. The second-order valence-electron chi connectivity index (χ2n) is 7.28. The molecule has 156 valence electrons. The molecule has 4 rings (SSSR count). The first kappa shape index (κ1) is 20.6. The average Bonchev–Trinajstić information content (AvgIpc) is 3.23. The zero-order valence-corrected chi connectivity index (χ0v) is 17.6. The number of carboxylic acid groups (broad SMARTS) is 1. The Morgan fingerprint density at radius 1 is 1.03 bits per heavy atom. The Morgan fingerprint density at radius 3 is 2.42 bits per heavy atom. The van der Waals surface area contributed by atoms with Crippen LogP contribution < -0.4 is 10.9 Å². The number of benzene rings is 2. The van der Waals surface area contributed by atoms with Gasteiger partial charge in [0.1, 0.15) is 9.71 Å². The molecule has 0 radical (unpaired) electrons. The quantitative estimate of drug-likeness (QED) is 0.484. The molecule has 7 heteroatoms. The first-order valence-corrected chi connectivity index (χ1v) is 10.5. The zero-order chi connectivity index (χ0) is 22.0. The number of nitrogens with one attached hydrogen (secondary N) is 1. The van der Waals surface area contributed by atoms with Gasteiger partial charge in [-0.3, -0.25) is 14.0 Å². The van der Waals surface area contributed by atoms with Crippen LogP contribution >= 0.6 is 11.3 Å². The minimum Gasteiger partial charge on any atom is -0.478 e. The van der Waals surface area contributed by atoms with Crippen molar-refractivity contribution in [3.8, 4) is 0 Å². The van der Waals surface area contributed by atoms with E-state index in [2.05, 4.69) is 5.32 Å². The van der Waals surface area contributed by atoms with Gasteiger partial charge in [-0.05, 0) is 41.8 Å². The summed E-state index contributed by atoms with van der Waals surface area (Å²) < 4.78 is 1.53. The van der Waals surface area contributed by atoms with Crippen LogP contribution in [0, 0.1) is 6.92 Å². The number of carbonyl (C=O) groups is 2. The highest BCUT2D eigenvalue weighted by Crippen LogP contribution is 2.22. The number of carbonyl (C=O) groups excluding carboxylic acids is 1. The molecule has 0 atom stereocenters. The van der Waals surface area contributed by atoms with Gasteiger partial charge in [-0.25, -0.2) is 4.79 Å². The van der Waals surface area contributed by atoms with Crippen molar-refractivity contribution in [3.63, 3.8) is 0 Å². The van der Waals surface area contributed by atoms with Gasteiger partial charge in [-0.2, -0.15) is 0 Å². The van der Waals surface area contributed by atoms with Crippen LogP contribution in [0.25, 0.3) is 4.83 Å². The molecular formula is C24H20N2O4S. The number of thiazole rings is 1. The SMILES string of the molecule is Cc1cc(Cc2ccc(C(=O)O)cc2)c(=O)n2cc(C(=O)NCc3ccccc3)sc12. The smallest absolute Gasteiger partial charge is 0.335 e. The van der Waals surface area contributed by atoms with Crippen molar-refractivity contribution in [2.45, 2.75) is 19.9 Å². The molecule has 2 N–H and O–H groups in total. The minimum absolute atomic E-state index is 0.179. The van der Waals surface area contributed by atoms with Crippen molar-refractivity contribution in [2.75, 3.05) is 0 Å². The molecule has 0 saturated heterocycles. The molecule has 6 nitrogen and oxygen atoms in total. The summed E-state index contributed by atoms with van der Waals surface area (Å²) in [6.07, 6.45) is 1.97. The number of amides is 1. The molecule has 0 aliphatic heterocycles. The summed E-state index contributed by atoms with van der Waals surface area (Å²) in [6, 6.07) is 18.0. The summed E-state index contributed by atoms with van der Waals surface area (Å²) in [5.74, 6) is -1.21. The Labute approximate surface area is 182 Å². The van der Waals surface area contributed by atoms with Gasteiger partial charge in [0.2, 0.25) is 0 Å². The number of aromatic carboxylic acids is 1. The van der Waals surface area contributed by atoms with E-state index in [1.807, 2.05) is 43.3 Å². The summed E-state index contributed by atoms with van der Waals surface area (Å²) in [6.45, 7) is 2.33. The second kappa shape index (κ2) is 8.57. The fourth-order valence-corrected chi connectivity index (χ4v) is 4.38. The normalized spacial score (nSPS) is 10.9. The first-order valence-electron chi connectivity index (χ1n) is 9.71. The van der Waals surface area contributed by atoms with Crippen molar-refractivity contribution < 1.29 is 14.7 Å². The van der Waals surface area contributed by atoms with E-state index in [9.17, 15) is 14.4 Å². The molecular weight excluding hydrogens is 412 g/mol. The first-order chi connectivity index (χ1) is 14.9. The van der Waals surface area contributed by atoms with Crippen LogP contribution in [0.1, 0.15) is 42.3 Å². The lowest BCUT2D eigenvalue weighted by Gasteiger charge is -2.05. The largest absolute Gasteiger partial charge is 0.478 e. The van der Waals surface area contributed by atoms with Crippen molar-refractivity contribution in [1.29, 1.82) is 0 Å². The summed E-state index contributed by atoms with van der Waals surface area (Å²) in [5, 5.41) is 11.9. The maximum absolute atomic E-state index is 13.0. The molecule has 2 heterocycles. The Morgan fingerprint density at radius 2 is 1.74 bits per heavy atom. The highest BCUT2D eigenvalue weighted by Gasteiger charge is 2.15. The highest BCUT2D eigenvalue weighted by molar-refractivity contribution is 7.19. The van der Waals surface area contributed by atoms with Crippen molar-refractivity contribution in [3.05, 3.63) is 110 Å². The van der Waals surface area contributed by atoms with Gasteiger partial charge in [0, 0.05) is 24.7 Å². The molecule has 0 spiro atoms. The van der Waals surface area contributed by atoms with E-state index >= 15 is 0 Å². The van der Waals surface area contributed by atoms with Crippen LogP contribution in [-0.2, 0) is 13.0 Å². The average molecular weight is 433 g/mol. The Balaban J connectivity index is 1.58. The predicted molar refractivity (Wildman–Crippen MR) is 120 cm³/mol. The number of aromatic nitrogens is 1. The second-order valence-corrected chi connectivity index (χ2v) is 8.31.